The average molecular weight is 417 g/mol. The van der Waals surface area contributed by atoms with Gasteiger partial charge in [0.1, 0.15) is 5.60 Å². The highest BCUT2D eigenvalue weighted by molar-refractivity contribution is 7.19. The molecule has 1 saturated carbocycles. The number of hydrogen-bond donors (Lipinski definition) is 0. The van der Waals surface area contributed by atoms with Crippen LogP contribution in [0.3, 0.4) is 0 Å². The molecule has 1 aromatic rings. The fraction of sp³-hybridized carbons (Fsp3) is 0.696. The predicted octanol–water partition coefficient (Wildman–Crippen LogP) is 4.01. The largest absolute Gasteiger partial charge is 0.444 e. The van der Waals surface area contributed by atoms with Crippen molar-refractivity contribution < 1.29 is 14.2 Å². The predicted molar refractivity (Wildman–Crippen MR) is 124 cm³/mol. The SMILES string of the molecule is CC(C)(C)OC(=O)N1CC2(C)CC2(c2cccc(BOC(C)(C)C(C)(C)P)c2)C1. The lowest BCUT2D eigenvalue weighted by Crippen LogP contribution is -2.45. The van der Waals surface area contributed by atoms with E-state index in [4.69, 9.17) is 9.39 Å². The van der Waals surface area contributed by atoms with Gasteiger partial charge >= 0.3 is 13.6 Å². The Balaban J connectivity index is 1.73. The molecule has 1 heterocycles. The number of fused-ring (bicyclic) bond motifs is 1. The first kappa shape index (κ1) is 22.6. The third kappa shape index (κ3) is 4.37. The highest BCUT2D eigenvalue weighted by Gasteiger charge is 2.70. The highest BCUT2D eigenvalue weighted by Crippen LogP contribution is 2.68. The maximum Gasteiger partial charge on any atom is 0.410 e. The van der Waals surface area contributed by atoms with Gasteiger partial charge in [-0.25, -0.2) is 4.79 Å². The van der Waals surface area contributed by atoms with E-state index in [1.165, 1.54) is 11.0 Å². The molecular weight excluding hydrogens is 380 g/mol. The molecule has 3 atom stereocenters. The summed E-state index contributed by atoms with van der Waals surface area (Å²) >= 11 is 0. The van der Waals surface area contributed by atoms with Gasteiger partial charge in [-0.05, 0) is 52.0 Å². The molecule has 4 nitrogen and oxygen atoms in total. The van der Waals surface area contributed by atoms with Gasteiger partial charge in [-0.2, -0.15) is 0 Å². The molecule has 1 amide bonds. The standard InChI is InChI=1S/C23H37BNO3P/c1-19(2,3)27-18(26)25-14-22(8)13-23(22,15-25)16-10-9-11-17(12-16)24-28-20(4,5)21(6,7)29/h9-12,24H,13-15,29H2,1-8H3. The molecular formula is C23H37BNO3P. The Bertz CT molecular complexity index is 798. The second-order valence-corrected chi connectivity index (χ2v) is 12.8. The Morgan fingerprint density at radius 3 is 2.38 bits per heavy atom. The Morgan fingerprint density at radius 2 is 1.79 bits per heavy atom. The average Bonchev–Trinajstić information content (AvgIpc) is 3.03. The van der Waals surface area contributed by atoms with Gasteiger partial charge in [0.15, 0.2) is 0 Å². The van der Waals surface area contributed by atoms with Crippen molar-refractivity contribution in [3.8, 4) is 0 Å². The van der Waals surface area contributed by atoms with E-state index in [-0.39, 0.29) is 27.7 Å². The van der Waals surface area contributed by atoms with Crippen LogP contribution in [0.25, 0.3) is 0 Å². The molecule has 1 saturated heterocycles. The first-order valence-corrected chi connectivity index (χ1v) is 11.2. The lowest BCUT2D eigenvalue weighted by Gasteiger charge is -2.39. The van der Waals surface area contributed by atoms with Crippen molar-refractivity contribution in [2.24, 2.45) is 5.41 Å². The molecule has 29 heavy (non-hydrogen) atoms. The number of piperidine rings is 1. The van der Waals surface area contributed by atoms with Crippen LogP contribution in [0.1, 0.15) is 67.4 Å². The van der Waals surface area contributed by atoms with Crippen molar-refractivity contribution in [1.29, 1.82) is 0 Å². The Labute approximate surface area is 179 Å². The van der Waals surface area contributed by atoms with E-state index in [1.54, 1.807) is 0 Å². The third-order valence-electron chi connectivity index (χ3n) is 7.01. The third-order valence-corrected chi connectivity index (χ3v) is 7.70. The summed E-state index contributed by atoms with van der Waals surface area (Å²) in [6.45, 7) is 18.1. The number of ether oxygens (including phenoxy) is 1. The fourth-order valence-corrected chi connectivity index (χ4v) is 4.37. The Hall–Kier alpha value is -1.06. The molecule has 0 bridgehead atoms. The Morgan fingerprint density at radius 1 is 1.14 bits per heavy atom. The molecule has 0 radical (unpaired) electrons. The van der Waals surface area contributed by atoms with E-state index >= 15 is 0 Å². The van der Waals surface area contributed by atoms with E-state index in [9.17, 15) is 4.79 Å². The first-order valence-electron chi connectivity index (χ1n) is 10.6. The monoisotopic (exact) mass is 417 g/mol. The normalized spacial score (nSPS) is 26.9. The van der Waals surface area contributed by atoms with Gasteiger partial charge in [-0.15, -0.1) is 9.24 Å². The lowest BCUT2D eigenvalue weighted by atomic mass is 9.80. The zero-order valence-electron chi connectivity index (χ0n) is 19.4. The number of carbonyl (C=O) groups excluding carboxylic acids is 1. The van der Waals surface area contributed by atoms with E-state index in [1.807, 2.05) is 25.7 Å². The maximum absolute atomic E-state index is 12.6. The van der Waals surface area contributed by atoms with Crippen LogP contribution in [-0.4, -0.2) is 47.9 Å². The van der Waals surface area contributed by atoms with Crippen LogP contribution in [0.5, 0.6) is 0 Å². The number of likely N-dealkylation sites (tertiary alicyclic amines) is 1. The molecule has 6 heteroatoms. The molecule has 1 aliphatic heterocycles. The molecule has 3 rings (SSSR count). The van der Waals surface area contributed by atoms with Crippen LogP contribution in [0.4, 0.5) is 4.79 Å². The van der Waals surface area contributed by atoms with Crippen molar-refractivity contribution in [2.75, 3.05) is 13.1 Å². The summed E-state index contributed by atoms with van der Waals surface area (Å²) in [5.41, 5.74) is 1.95. The summed E-state index contributed by atoms with van der Waals surface area (Å²) in [6, 6.07) is 8.73. The quantitative estimate of drug-likeness (QED) is 0.537. The van der Waals surface area contributed by atoms with Crippen LogP contribution in [0.2, 0.25) is 0 Å². The van der Waals surface area contributed by atoms with E-state index in [2.05, 4.69) is 68.1 Å². The highest BCUT2D eigenvalue weighted by atomic mass is 31.0. The summed E-state index contributed by atoms with van der Waals surface area (Å²) in [7, 11) is 3.47. The molecule has 0 N–H and O–H groups in total. The number of hydrogen-bond acceptors (Lipinski definition) is 3. The van der Waals surface area contributed by atoms with Crippen LogP contribution in [-0.2, 0) is 14.8 Å². The van der Waals surface area contributed by atoms with Crippen LogP contribution >= 0.6 is 9.24 Å². The molecule has 2 aliphatic rings. The maximum atomic E-state index is 12.6. The topological polar surface area (TPSA) is 38.8 Å². The van der Waals surface area contributed by atoms with Crippen molar-refractivity contribution in [1.82, 2.24) is 4.90 Å². The minimum absolute atomic E-state index is 0.0161. The first-order chi connectivity index (χ1) is 13.1. The van der Waals surface area contributed by atoms with Gasteiger partial charge in [0, 0.05) is 23.7 Å². The van der Waals surface area contributed by atoms with E-state index < -0.39 is 5.60 Å². The molecule has 2 fully saturated rings. The number of amides is 1. The number of benzene rings is 1. The van der Waals surface area contributed by atoms with Crippen molar-refractivity contribution in [3.63, 3.8) is 0 Å². The summed E-state index contributed by atoms with van der Waals surface area (Å²) in [5, 5.41) is -0.0161. The molecule has 0 aromatic heterocycles. The molecule has 0 spiro atoms. The van der Waals surface area contributed by atoms with Gasteiger partial charge in [0.05, 0.1) is 5.60 Å². The summed E-state index contributed by atoms with van der Waals surface area (Å²) in [5.74, 6) is 0. The number of nitrogens with zero attached hydrogens (tertiary/aromatic N) is 1. The second kappa shape index (κ2) is 6.99. The zero-order chi connectivity index (χ0) is 21.9. The fourth-order valence-electron chi connectivity index (χ4n) is 4.28. The minimum atomic E-state index is -0.465. The van der Waals surface area contributed by atoms with Crippen molar-refractivity contribution in [3.05, 3.63) is 29.8 Å². The van der Waals surface area contributed by atoms with Gasteiger partial charge < -0.3 is 14.3 Å². The van der Waals surface area contributed by atoms with Crippen molar-refractivity contribution >= 4 is 28.3 Å². The molecule has 160 valence electrons. The van der Waals surface area contributed by atoms with Gasteiger partial charge in [0.2, 0.25) is 0 Å². The molecule has 1 aliphatic carbocycles. The van der Waals surface area contributed by atoms with Gasteiger partial charge in [0.25, 0.3) is 0 Å². The van der Waals surface area contributed by atoms with Crippen molar-refractivity contribution in [2.45, 2.75) is 83.6 Å². The lowest BCUT2D eigenvalue weighted by molar-refractivity contribution is 0.0261. The second-order valence-electron chi connectivity index (χ2n) is 11.4. The summed E-state index contributed by atoms with van der Waals surface area (Å²) < 4.78 is 11.9. The summed E-state index contributed by atoms with van der Waals surface area (Å²) in [6.07, 6.45) is 0.919. The van der Waals surface area contributed by atoms with E-state index in [0.717, 1.165) is 19.5 Å². The van der Waals surface area contributed by atoms with Crippen LogP contribution < -0.4 is 5.46 Å². The van der Waals surface area contributed by atoms with E-state index in [0.29, 0.717) is 7.48 Å². The van der Waals surface area contributed by atoms with Gasteiger partial charge in [-0.3, -0.25) is 0 Å². The Kier molecular flexibility index (Phi) is 5.45. The summed E-state index contributed by atoms with van der Waals surface area (Å²) in [4.78, 5) is 14.5. The van der Waals surface area contributed by atoms with Gasteiger partial charge in [-0.1, -0.05) is 50.5 Å². The van der Waals surface area contributed by atoms with Crippen LogP contribution in [0.15, 0.2) is 24.3 Å². The molecule has 3 unspecified atom stereocenters. The molecule has 1 aromatic carbocycles. The zero-order valence-corrected chi connectivity index (χ0v) is 20.5. The van der Waals surface area contributed by atoms with Crippen LogP contribution in [0, 0.1) is 5.41 Å². The number of rotatable bonds is 5. The number of carbonyl (C=O) groups is 1. The minimum Gasteiger partial charge on any atom is -0.444 e. The smallest absolute Gasteiger partial charge is 0.410 e.